The van der Waals surface area contributed by atoms with Crippen LogP contribution in [0.25, 0.3) is 0 Å². The van der Waals surface area contributed by atoms with Gasteiger partial charge in [0.15, 0.2) is 0 Å². The number of hydrogen-bond acceptors (Lipinski definition) is 4. The zero-order valence-corrected chi connectivity index (χ0v) is 5.42. The van der Waals surface area contributed by atoms with Crippen LogP contribution in [-0.4, -0.2) is 16.7 Å². The van der Waals surface area contributed by atoms with Crippen LogP contribution in [0.3, 0.4) is 0 Å². The third-order valence-electron chi connectivity index (χ3n) is 0.782. The number of ether oxygens (including phenoxy) is 1. The monoisotopic (exact) mass is 128 g/mol. The van der Waals surface area contributed by atoms with Gasteiger partial charge in [-0.2, -0.15) is 4.98 Å². The number of nitrogens with zero attached hydrogens (tertiary/aromatic N) is 2. The lowest BCUT2D eigenvalue weighted by atomic mass is 10.8. The lowest BCUT2D eigenvalue weighted by molar-refractivity contribution is 0.287. The van der Waals surface area contributed by atoms with Crippen molar-refractivity contribution in [3.05, 3.63) is 5.89 Å². The summed E-state index contributed by atoms with van der Waals surface area (Å²) in [6.45, 7) is 4.15. The molecule has 0 fully saturated rings. The van der Waals surface area contributed by atoms with Gasteiger partial charge in [-0.25, -0.2) is 0 Å². The van der Waals surface area contributed by atoms with Crippen molar-refractivity contribution in [2.24, 2.45) is 0 Å². The Balaban J connectivity index is 2.61. The second-order valence-electron chi connectivity index (χ2n) is 1.53. The fourth-order valence-electron chi connectivity index (χ4n) is 0.468. The molecule has 0 unspecified atom stereocenters. The summed E-state index contributed by atoms with van der Waals surface area (Å²) in [5.41, 5.74) is 0. The summed E-state index contributed by atoms with van der Waals surface area (Å²) >= 11 is 0. The molecule has 1 heterocycles. The molecule has 0 spiro atoms. The summed E-state index contributed by atoms with van der Waals surface area (Å²) in [5, 5.41) is 3.50. The molecule has 0 aliphatic heterocycles. The Morgan fingerprint density at radius 3 is 2.89 bits per heavy atom. The SMILES string of the molecule is CCOc1noc(C)n1. The van der Waals surface area contributed by atoms with Crippen LogP contribution in [0, 0.1) is 6.92 Å². The Hall–Kier alpha value is -1.06. The molecule has 0 atom stereocenters. The maximum atomic E-state index is 4.91. The lowest BCUT2D eigenvalue weighted by Crippen LogP contribution is -1.92. The van der Waals surface area contributed by atoms with Crippen LogP contribution >= 0.6 is 0 Å². The Labute approximate surface area is 52.8 Å². The second kappa shape index (κ2) is 2.48. The average molecular weight is 128 g/mol. The number of rotatable bonds is 2. The summed E-state index contributed by atoms with van der Waals surface area (Å²) in [7, 11) is 0. The van der Waals surface area contributed by atoms with Crippen LogP contribution < -0.4 is 4.74 Å². The highest BCUT2D eigenvalue weighted by atomic mass is 16.5. The standard InChI is InChI=1S/C5H8N2O2/c1-3-8-5-6-4(2)9-7-5/h3H2,1-2H3. The van der Waals surface area contributed by atoms with Gasteiger partial charge in [0.2, 0.25) is 5.89 Å². The van der Waals surface area contributed by atoms with Crippen LogP contribution in [0.2, 0.25) is 0 Å². The van der Waals surface area contributed by atoms with Crippen molar-refractivity contribution in [1.82, 2.24) is 10.1 Å². The summed E-state index contributed by atoms with van der Waals surface area (Å²) in [4.78, 5) is 3.80. The first-order valence-electron chi connectivity index (χ1n) is 2.76. The molecule has 50 valence electrons. The van der Waals surface area contributed by atoms with E-state index in [1.54, 1.807) is 6.92 Å². The molecule has 0 amide bonds. The number of aryl methyl sites for hydroxylation is 1. The van der Waals surface area contributed by atoms with Gasteiger partial charge in [-0.05, 0) is 12.1 Å². The highest BCUT2D eigenvalue weighted by molar-refractivity contribution is 4.88. The van der Waals surface area contributed by atoms with Gasteiger partial charge in [-0.15, -0.1) is 0 Å². The maximum absolute atomic E-state index is 4.91. The van der Waals surface area contributed by atoms with Gasteiger partial charge in [0.25, 0.3) is 0 Å². The zero-order valence-electron chi connectivity index (χ0n) is 5.42. The predicted octanol–water partition coefficient (Wildman–Crippen LogP) is 0.777. The summed E-state index contributed by atoms with van der Waals surface area (Å²) in [6.07, 6.45) is 0. The fraction of sp³-hybridized carbons (Fsp3) is 0.600. The Kier molecular flexibility index (Phi) is 1.67. The Morgan fingerprint density at radius 2 is 2.44 bits per heavy atom. The molecule has 0 radical (unpaired) electrons. The molecule has 4 nitrogen and oxygen atoms in total. The van der Waals surface area contributed by atoms with E-state index in [4.69, 9.17) is 4.74 Å². The van der Waals surface area contributed by atoms with Gasteiger partial charge < -0.3 is 9.26 Å². The minimum absolute atomic E-state index is 0.315. The smallest absolute Gasteiger partial charge is 0.354 e. The van der Waals surface area contributed by atoms with Crippen LogP contribution in [0.1, 0.15) is 12.8 Å². The molecule has 4 heteroatoms. The average Bonchev–Trinajstić information content (AvgIpc) is 2.17. The number of hydrogen-bond donors (Lipinski definition) is 0. The Morgan fingerprint density at radius 1 is 1.67 bits per heavy atom. The summed E-state index contributed by atoms with van der Waals surface area (Å²) in [6, 6.07) is 0.315. The van der Waals surface area contributed by atoms with E-state index in [-0.39, 0.29) is 0 Å². The predicted molar refractivity (Wildman–Crippen MR) is 30.2 cm³/mol. The summed E-state index contributed by atoms with van der Waals surface area (Å²) in [5.74, 6) is 0.526. The quantitative estimate of drug-likeness (QED) is 0.590. The fourth-order valence-corrected chi connectivity index (χ4v) is 0.468. The molecule has 1 aromatic heterocycles. The zero-order chi connectivity index (χ0) is 6.69. The molecular formula is C5H8N2O2. The Bertz CT molecular complexity index is 185. The van der Waals surface area contributed by atoms with E-state index in [1.165, 1.54) is 0 Å². The molecule has 1 rings (SSSR count). The van der Waals surface area contributed by atoms with E-state index >= 15 is 0 Å². The summed E-state index contributed by atoms with van der Waals surface area (Å²) < 4.78 is 9.54. The molecule has 0 N–H and O–H groups in total. The molecule has 0 aliphatic carbocycles. The second-order valence-corrected chi connectivity index (χ2v) is 1.53. The van der Waals surface area contributed by atoms with Crippen molar-refractivity contribution in [3.8, 4) is 6.01 Å². The van der Waals surface area contributed by atoms with E-state index in [0.29, 0.717) is 18.5 Å². The third kappa shape index (κ3) is 1.42. The normalized spacial score (nSPS) is 9.56. The first-order chi connectivity index (χ1) is 4.33. The van der Waals surface area contributed by atoms with Crippen LogP contribution in [0.5, 0.6) is 6.01 Å². The van der Waals surface area contributed by atoms with Crippen LogP contribution in [-0.2, 0) is 0 Å². The highest BCUT2D eigenvalue weighted by Gasteiger charge is 1.98. The van der Waals surface area contributed by atoms with E-state index in [9.17, 15) is 0 Å². The third-order valence-corrected chi connectivity index (χ3v) is 0.782. The largest absolute Gasteiger partial charge is 0.462 e. The molecule has 0 bridgehead atoms. The van der Waals surface area contributed by atoms with E-state index in [2.05, 4.69) is 14.7 Å². The van der Waals surface area contributed by atoms with Crippen molar-refractivity contribution in [2.45, 2.75) is 13.8 Å². The van der Waals surface area contributed by atoms with Gasteiger partial charge in [0.1, 0.15) is 0 Å². The van der Waals surface area contributed by atoms with Gasteiger partial charge in [0.05, 0.1) is 6.61 Å². The van der Waals surface area contributed by atoms with E-state index < -0.39 is 0 Å². The molecular weight excluding hydrogens is 120 g/mol. The molecule has 1 aromatic rings. The molecule has 0 saturated carbocycles. The minimum Gasteiger partial charge on any atom is -0.462 e. The number of aromatic nitrogens is 2. The van der Waals surface area contributed by atoms with E-state index in [0.717, 1.165) is 0 Å². The van der Waals surface area contributed by atoms with Crippen LogP contribution in [0.15, 0.2) is 4.52 Å². The van der Waals surface area contributed by atoms with Crippen molar-refractivity contribution >= 4 is 0 Å². The van der Waals surface area contributed by atoms with Gasteiger partial charge in [-0.3, -0.25) is 0 Å². The van der Waals surface area contributed by atoms with Crippen molar-refractivity contribution in [2.75, 3.05) is 6.61 Å². The first-order valence-corrected chi connectivity index (χ1v) is 2.76. The van der Waals surface area contributed by atoms with Crippen molar-refractivity contribution < 1.29 is 9.26 Å². The van der Waals surface area contributed by atoms with Gasteiger partial charge in [0, 0.05) is 6.92 Å². The topological polar surface area (TPSA) is 48.2 Å². The van der Waals surface area contributed by atoms with Crippen LogP contribution in [0.4, 0.5) is 0 Å². The highest BCUT2D eigenvalue weighted by Crippen LogP contribution is 2.01. The molecule has 0 saturated heterocycles. The van der Waals surface area contributed by atoms with Gasteiger partial charge >= 0.3 is 6.01 Å². The lowest BCUT2D eigenvalue weighted by Gasteiger charge is -1.89. The molecule has 0 aromatic carbocycles. The molecule has 0 aliphatic rings. The minimum atomic E-state index is 0.315. The first kappa shape index (κ1) is 6.07. The molecule has 9 heavy (non-hydrogen) atoms. The van der Waals surface area contributed by atoms with Crippen molar-refractivity contribution in [1.29, 1.82) is 0 Å². The maximum Gasteiger partial charge on any atom is 0.354 e. The van der Waals surface area contributed by atoms with Crippen molar-refractivity contribution in [3.63, 3.8) is 0 Å². The van der Waals surface area contributed by atoms with E-state index in [1.807, 2.05) is 6.92 Å². The van der Waals surface area contributed by atoms with Gasteiger partial charge in [-0.1, -0.05) is 0 Å².